The lowest BCUT2D eigenvalue weighted by molar-refractivity contribution is 0.105. The highest BCUT2D eigenvalue weighted by atomic mass is 32.2. The maximum Gasteiger partial charge on any atom is 0.240 e. The molecule has 1 aliphatic heterocycles. The Balaban J connectivity index is 1.96. The molecular weight excluding hydrogens is 278 g/mol. The van der Waals surface area contributed by atoms with E-state index in [9.17, 15) is 13.5 Å². The molecule has 2 atom stereocenters. The number of hydrogen-bond acceptors (Lipinski definition) is 4. The number of rotatable bonds is 6. The van der Waals surface area contributed by atoms with E-state index in [1.54, 1.807) is 19.1 Å². The maximum atomic E-state index is 12.1. The Morgan fingerprint density at radius 1 is 1.50 bits per heavy atom. The summed E-state index contributed by atoms with van der Waals surface area (Å²) in [4.78, 5) is 0.184. The molecule has 0 amide bonds. The predicted molar refractivity (Wildman–Crippen MR) is 75.9 cm³/mol. The van der Waals surface area contributed by atoms with E-state index in [4.69, 9.17) is 4.74 Å². The minimum absolute atomic E-state index is 0.168. The van der Waals surface area contributed by atoms with Crippen LogP contribution in [-0.2, 0) is 14.8 Å². The van der Waals surface area contributed by atoms with Crippen LogP contribution in [0.2, 0.25) is 0 Å². The van der Waals surface area contributed by atoms with Crippen LogP contribution < -0.4 is 4.72 Å². The molecule has 112 valence electrons. The molecule has 0 aromatic heterocycles. The van der Waals surface area contributed by atoms with E-state index in [1.165, 1.54) is 12.1 Å². The van der Waals surface area contributed by atoms with Crippen LogP contribution in [0.25, 0.3) is 0 Å². The number of sulfonamides is 1. The summed E-state index contributed by atoms with van der Waals surface area (Å²) in [6.07, 6.45) is 2.22. The molecule has 1 fully saturated rings. The average molecular weight is 299 g/mol. The Morgan fingerprint density at radius 3 is 2.95 bits per heavy atom. The highest BCUT2D eigenvalue weighted by Crippen LogP contribution is 2.18. The lowest BCUT2D eigenvalue weighted by Gasteiger charge is -2.12. The Labute approximate surface area is 120 Å². The first kappa shape index (κ1) is 15.4. The van der Waals surface area contributed by atoms with Gasteiger partial charge in [-0.25, -0.2) is 13.1 Å². The van der Waals surface area contributed by atoms with Crippen LogP contribution in [0.3, 0.4) is 0 Å². The van der Waals surface area contributed by atoms with Crippen LogP contribution in [0, 0.1) is 0 Å². The van der Waals surface area contributed by atoms with Crippen molar-refractivity contribution in [2.24, 2.45) is 0 Å². The quantitative estimate of drug-likeness (QED) is 0.836. The zero-order valence-electron chi connectivity index (χ0n) is 11.6. The van der Waals surface area contributed by atoms with E-state index in [2.05, 4.69) is 4.72 Å². The second kappa shape index (κ2) is 6.67. The second-order valence-electron chi connectivity index (χ2n) is 5.07. The van der Waals surface area contributed by atoms with Crippen LogP contribution in [0.4, 0.5) is 0 Å². The molecule has 2 unspecified atom stereocenters. The van der Waals surface area contributed by atoms with Gasteiger partial charge in [-0.3, -0.25) is 0 Å². The molecule has 2 N–H and O–H groups in total. The first-order chi connectivity index (χ1) is 9.49. The largest absolute Gasteiger partial charge is 0.389 e. The minimum Gasteiger partial charge on any atom is -0.389 e. The fraction of sp³-hybridized carbons (Fsp3) is 0.571. The smallest absolute Gasteiger partial charge is 0.240 e. The van der Waals surface area contributed by atoms with Crippen molar-refractivity contribution in [3.63, 3.8) is 0 Å². The molecule has 0 radical (unpaired) electrons. The monoisotopic (exact) mass is 299 g/mol. The fourth-order valence-corrected chi connectivity index (χ4v) is 3.35. The third-order valence-corrected chi connectivity index (χ3v) is 4.89. The van der Waals surface area contributed by atoms with Gasteiger partial charge in [0.05, 0.1) is 17.1 Å². The standard InChI is InChI=1S/C14H21NO4S/c1-11(16)12-4-2-6-14(10-12)20(17,18)15-8-7-13-5-3-9-19-13/h2,4,6,10-11,13,15-16H,3,5,7-9H2,1H3. The van der Waals surface area contributed by atoms with Gasteiger partial charge in [0.1, 0.15) is 0 Å². The number of ether oxygens (including phenoxy) is 1. The number of hydrogen-bond donors (Lipinski definition) is 2. The lowest BCUT2D eigenvalue weighted by atomic mass is 10.1. The predicted octanol–water partition coefficient (Wildman–Crippen LogP) is 1.59. The summed E-state index contributed by atoms with van der Waals surface area (Å²) >= 11 is 0. The first-order valence-corrected chi connectivity index (χ1v) is 8.36. The number of nitrogens with one attached hydrogen (secondary N) is 1. The molecule has 1 heterocycles. The van der Waals surface area contributed by atoms with Gasteiger partial charge in [0, 0.05) is 13.2 Å². The average Bonchev–Trinajstić information content (AvgIpc) is 2.92. The van der Waals surface area contributed by atoms with Gasteiger partial charge < -0.3 is 9.84 Å². The van der Waals surface area contributed by atoms with Crippen LogP contribution in [-0.4, -0.2) is 32.8 Å². The van der Waals surface area contributed by atoms with Gasteiger partial charge in [-0.1, -0.05) is 12.1 Å². The molecule has 1 saturated heterocycles. The number of benzene rings is 1. The summed E-state index contributed by atoms with van der Waals surface area (Å²) in [5.41, 5.74) is 0.590. The van der Waals surface area contributed by atoms with Crippen molar-refractivity contribution in [2.75, 3.05) is 13.2 Å². The van der Waals surface area contributed by atoms with Gasteiger partial charge >= 0.3 is 0 Å². The zero-order valence-corrected chi connectivity index (χ0v) is 12.4. The summed E-state index contributed by atoms with van der Waals surface area (Å²) in [5, 5.41) is 9.50. The third-order valence-electron chi connectivity index (χ3n) is 3.43. The molecule has 1 aromatic carbocycles. The van der Waals surface area contributed by atoms with E-state index < -0.39 is 16.1 Å². The minimum atomic E-state index is -3.52. The van der Waals surface area contributed by atoms with Crippen molar-refractivity contribution in [1.29, 1.82) is 0 Å². The van der Waals surface area contributed by atoms with Gasteiger partial charge in [-0.05, 0) is 43.9 Å². The topological polar surface area (TPSA) is 75.6 Å². The molecule has 1 aliphatic rings. The highest BCUT2D eigenvalue weighted by Gasteiger charge is 2.18. The van der Waals surface area contributed by atoms with Gasteiger partial charge in [0.2, 0.25) is 10.0 Å². The van der Waals surface area contributed by atoms with Crippen molar-refractivity contribution in [1.82, 2.24) is 4.72 Å². The third kappa shape index (κ3) is 4.02. The summed E-state index contributed by atoms with van der Waals surface area (Å²) in [5.74, 6) is 0. The Kier molecular flexibility index (Phi) is 5.15. The molecule has 2 rings (SSSR count). The van der Waals surface area contributed by atoms with E-state index in [0.29, 0.717) is 18.5 Å². The van der Waals surface area contributed by atoms with Gasteiger partial charge in [-0.2, -0.15) is 0 Å². The SMILES string of the molecule is CC(O)c1cccc(S(=O)(=O)NCCC2CCCO2)c1. The van der Waals surface area contributed by atoms with Crippen molar-refractivity contribution < 1.29 is 18.3 Å². The van der Waals surface area contributed by atoms with Crippen LogP contribution in [0.15, 0.2) is 29.2 Å². The molecule has 0 saturated carbocycles. The number of aliphatic hydroxyl groups is 1. The molecule has 0 aliphatic carbocycles. The van der Waals surface area contributed by atoms with Crippen molar-refractivity contribution in [2.45, 2.75) is 43.3 Å². The lowest BCUT2D eigenvalue weighted by Crippen LogP contribution is -2.27. The van der Waals surface area contributed by atoms with Gasteiger partial charge in [-0.15, -0.1) is 0 Å². The molecule has 20 heavy (non-hydrogen) atoms. The Hall–Kier alpha value is -0.950. The molecule has 0 spiro atoms. The van der Waals surface area contributed by atoms with Crippen LogP contribution >= 0.6 is 0 Å². The van der Waals surface area contributed by atoms with Crippen molar-refractivity contribution in [3.8, 4) is 0 Å². The molecule has 0 bridgehead atoms. The summed E-state index contributed by atoms with van der Waals surface area (Å²) in [6, 6.07) is 6.37. The maximum absolute atomic E-state index is 12.1. The van der Waals surface area contributed by atoms with E-state index in [0.717, 1.165) is 19.4 Å². The van der Waals surface area contributed by atoms with Crippen LogP contribution in [0.5, 0.6) is 0 Å². The van der Waals surface area contributed by atoms with Crippen LogP contribution in [0.1, 0.15) is 37.9 Å². The highest BCUT2D eigenvalue weighted by molar-refractivity contribution is 7.89. The Bertz CT molecular complexity index is 536. The van der Waals surface area contributed by atoms with E-state index in [-0.39, 0.29) is 11.0 Å². The summed E-state index contributed by atoms with van der Waals surface area (Å²) in [7, 11) is -3.52. The molecular formula is C14H21NO4S. The molecule has 6 heteroatoms. The summed E-state index contributed by atoms with van der Waals surface area (Å²) < 4.78 is 32.3. The van der Waals surface area contributed by atoms with Crippen molar-refractivity contribution in [3.05, 3.63) is 29.8 Å². The second-order valence-corrected chi connectivity index (χ2v) is 6.84. The zero-order chi connectivity index (χ0) is 14.6. The first-order valence-electron chi connectivity index (χ1n) is 6.88. The van der Waals surface area contributed by atoms with Gasteiger partial charge in [0.25, 0.3) is 0 Å². The van der Waals surface area contributed by atoms with E-state index >= 15 is 0 Å². The summed E-state index contributed by atoms with van der Waals surface area (Å²) in [6.45, 7) is 2.75. The van der Waals surface area contributed by atoms with Gasteiger partial charge in [0.15, 0.2) is 0 Å². The molecule has 5 nitrogen and oxygen atoms in total. The van der Waals surface area contributed by atoms with E-state index in [1.807, 2.05) is 0 Å². The number of aliphatic hydroxyl groups excluding tert-OH is 1. The molecule has 1 aromatic rings. The normalized spacial score (nSPS) is 21.0. The Morgan fingerprint density at radius 2 is 2.30 bits per heavy atom. The fourth-order valence-electron chi connectivity index (χ4n) is 2.25. The van der Waals surface area contributed by atoms with Crippen molar-refractivity contribution >= 4 is 10.0 Å².